The van der Waals surface area contributed by atoms with Crippen LogP contribution < -0.4 is 5.32 Å². The Balaban J connectivity index is 1.71. The average molecular weight is 286 g/mol. The van der Waals surface area contributed by atoms with Gasteiger partial charge in [0.25, 0.3) is 0 Å². The molecule has 2 aromatic heterocycles. The summed E-state index contributed by atoms with van der Waals surface area (Å²) in [6, 6.07) is 4.27. The van der Waals surface area contributed by atoms with E-state index in [2.05, 4.69) is 15.4 Å². The lowest BCUT2D eigenvalue weighted by Crippen LogP contribution is -2.24. The van der Waals surface area contributed by atoms with Crippen LogP contribution in [0.25, 0.3) is 6.20 Å². The Morgan fingerprint density at radius 1 is 1.38 bits per heavy atom. The number of ketones is 1. The second-order valence-corrected chi connectivity index (χ2v) is 4.59. The third-order valence-electron chi connectivity index (χ3n) is 3.17. The Morgan fingerprint density at radius 3 is 3.00 bits per heavy atom. The summed E-state index contributed by atoms with van der Waals surface area (Å²) in [6.45, 7) is 0. The van der Waals surface area contributed by atoms with Crippen molar-refractivity contribution in [2.24, 2.45) is 0 Å². The van der Waals surface area contributed by atoms with Gasteiger partial charge in [-0.1, -0.05) is 0 Å². The van der Waals surface area contributed by atoms with Crippen molar-refractivity contribution in [2.45, 2.75) is 12.3 Å². The fourth-order valence-electron chi connectivity index (χ4n) is 2.17. The first-order valence-corrected chi connectivity index (χ1v) is 6.30. The number of rotatable bonds is 3. The number of allylic oxidation sites excluding steroid dienone is 1. The molecule has 6 nitrogen and oxygen atoms in total. The maximum atomic E-state index is 12.7. The van der Waals surface area contributed by atoms with Crippen LogP contribution in [-0.4, -0.2) is 26.5 Å². The van der Waals surface area contributed by atoms with E-state index in [1.807, 2.05) is 0 Å². The summed E-state index contributed by atoms with van der Waals surface area (Å²) in [6.07, 6.45) is 5.53. The first-order valence-electron chi connectivity index (χ1n) is 6.30. The molecule has 0 aromatic carbocycles. The topological polar surface area (TPSA) is 76.9 Å². The summed E-state index contributed by atoms with van der Waals surface area (Å²) in [5.74, 6) is -1.32. The number of anilines is 1. The molecule has 1 N–H and O–H groups in total. The number of nitrogens with one attached hydrogen (secondary N) is 1. The summed E-state index contributed by atoms with van der Waals surface area (Å²) < 4.78 is 14.3. The van der Waals surface area contributed by atoms with Gasteiger partial charge >= 0.3 is 0 Å². The third-order valence-corrected chi connectivity index (χ3v) is 3.17. The van der Waals surface area contributed by atoms with Gasteiger partial charge in [0.15, 0.2) is 5.78 Å². The number of carbonyl (C=O) groups excluding carboxylic acids is 2. The molecule has 0 bridgehead atoms. The van der Waals surface area contributed by atoms with Gasteiger partial charge in [-0.3, -0.25) is 9.59 Å². The van der Waals surface area contributed by atoms with E-state index in [0.29, 0.717) is 5.69 Å². The zero-order valence-electron chi connectivity index (χ0n) is 10.9. The molecule has 0 fully saturated rings. The molecule has 0 radical (unpaired) electrons. The minimum absolute atomic E-state index is 0.0199. The van der Waals surface area contributed by atoms with Crippen molar-refractivity contribution in [1.82, 2.24) is 14.8 Å². The van der Waals surface area contributed by atoms with Crippen molar-refractivity contribution in [3.8, 4) is 0 Å². The molecule has 3 rings (SSSR count). The second kappa shape index (κ2) is 5.28. The maximum Gasteiger partial charge on any atom is 0.226 e. The van der Waals surface area contributed by atoms with Crippen LogP contribution in [0.4, 0.5) is 10.2 Å². The smallest absolute Gasteiger partial charge is 0.226 e. The number of halogens is 1. The number of pyridine rings is 1. The minimum atomic E-state index is -0.571. The minimum Gasteiger partial charge on any atom is -0.311 e. The number of amides is 1. The first kappa shape index (κ1) is 13.2. The number of nitrogens with zero attached hydrogens (tertiary/aromatic N) is 3. The van der Waals surface area contributed by atoms with E-state index in [1.54, 1.807) is 23.1 Å². The lowest BCUT2D eigenvalue weighted by atomic mass is 9.94. The van der Waals surface area contributed by atoms with E-state index in [9.17, 15) is 14.0 Å². The Kier molecular flexibility index (Phi) is 3.31. The highest BCUT2D eigenvalue weighted by atomic mass is 19.1. The van der Waals surface area contributed by atoms with Gasteiger partial charge in [0, 0.05) is 24.9 Å². The summed E-state index contributed by atoms with van der Waals surface area (Å²) in [7, 11) is 0. The predicted octanol–water partition coefficient (Wildman–Crippen LogP) is 1.58. The molecule has 0 saturated carbocycles. The van der Waals surface area contributed by atoms with Crippen molar-refractivity contribution >= 4 is 23.7 Å². The predicted molar refractivity (Wildman–Crippen MR) is 72.7 cm³/mol. The van der Waals surface area contributed by atoms with Crippen molar-refractivity contribution in [2.75, 3.05) is 5.32 Å². The van der Waals surface area contributed by atoms with E-state index in [-0.39, 0.29) is 23.9 Å². The number of carbonyl (C=O) groups is 2. The first-order chi connectivity index (χ1) is 10.1. The molecule has 106 valence electrons. The molecule has 1 aliphatic rings. The molecule has 0 aliphatic carbocycles. The molecule has 3 heterocycles. The highest BCUT2D eigenvalue weighted by Gasteiger charge is 2.27. The van der Waals surface area contributed by atoms with Crippen molar-refractivity contribution in [3.05, 3.63) is 48.2 Å². The monoisotopic (exact) mass is 286 g/mol. The van der Waals surface area contributed by atoms with E-state index < -0.39 is 11.7 Å². The fourth-order valence-corrected chi connectivity index (χ4v) is 2.17. The van der Waals surface area contributed by atoms with Crippen LogP contribution in [0, 0.1) is 5.82 Å². The zero-order chi connectivity index (χ0) is 14.8. The van der Waals surface area contributed by atoms with Gasteiger partial charge in [-0.15, -0.1) is 0 Å². The summed E-state index contributed by atoms with van der Waals surface area (Å²) >= 11 is 0. The Bertz CT molecular complexity index is 721. The Hall–Kier alpha value is -2.83. The molecule has 7 heteroatoms. The highest BCUT2D eigenvalue weighted by Crippen LogP contribution is 2.25. The Labute approximate surface area is 119 Å². The third kappa shape index (κ3) is 2.71. The standard InChI is InChI=1S/C14H11FN4O2/c15-9-1-2-13(16-8-9)18-14(21)7-10-11-3-5-17-19(11)6-4-12(10)20/h1-6,8,10H,7H2,(H,16,18,21). The van der Waals surface area contributed by atoms with Gasteiger partial charge in [0.2, 0.25) is 5.91 Å². The lowest BCUT2D eigenvalue weighted by molar-refractivity contribution is -0.121. The summed E-state index contributed by atoms with van der Waals surface area (Å²) in [4.78, 5) is 27.6. The zero-order valence-corrected chi connectivity index (χ0v) is 10.9. The van der Waals surface area contributed by atoms with Crippen molar-refractivity contribution in [3.63, 3.8) is 0 Å². The average Bonchev–Trinajstić information content (AvgIpc) is 2.93. The number of hydrogen-bond acceptors (Lipinski definition) is 4. The second-order valence-electron chi connectivity index (χ2n) is 4.59. The van der Waals surface area contributed by atoms with Crippen LogP contribution in [0.15, 0.2) is 36.7 Å². The largest absolute Gasteiger partial charge is 0.311 e. The molecule has 1 amide bonds. The number of fused-ring (bicyclic) bond motifs is 1. The lowest BCUT2D eigenvalue weighted by Gasteiger charge is -2.17. The molecule has 1 unspecified atom stereocenters. The van der Waals surface area contributed by atoms with E-state index in [0.717, 1.165) is 6.20 Å². The normalized spacial score (nSPS) is 16.6. The van der Waals surface area contributed by atoms with E-state index in [4.69, 9.17) is 0 Å². The molecule has 2 aromatic rings. The summed E-state index contributed by atoms with van der Waals surface area (Å²) in [5.41, 5.74) is 0.671. The molecular formula is C14H11FN4O2. The van der Waals surface area contributed by atoms with Crippen molar-refractivity contribution in [1.29, 1.82) is 0 Å². The number of aromatic nitrogens is 3. The Morgan fingerprint density at radius 2 is 2.24 bits per heavy atom. The van der Waals surface area contributed by atoms with Crippen molar-refractivity contribution < 1.29 is 14.0 Å². The van der Waals surface area contributed by atoms with Gasteiger partial charge in [0.05, 0.1) is 17.8 Å². The van der Waals surface area contributed by atoms with Crippen LogP contribution in [0.3, 0.4) is 0 Å². The van der Waals surface area contributed by atoms with Crippen LogP contribution >= 0.6 is 0 Å². The highest BCUT2D eigenvalue weighted by molar-refractivity contribution is 6.02. The van der Waals surface area contributed by atoms with Crippen LogP contribution in [0.2, 0.25) is 0 Å². The van der Waals surface area contributed by atoms with Gasteiger partial charge in [-0.05, 0) is 18.2 Å². The summed E-state index contributed by atoms with van der Waals surface area (Å²) in [5, 5.41) is 6.57. The van der Waals surface area contributed by atoms with E-state index >= 15 is 0 Å². The molecule has 0 spiro atoms. The van der Waals surface area contributed by atoms with E-state index in [1.165, 1.54) is 18.2 Å². The fraction of sp³-hybridized carbons (Fsp3) is 0.143. The number of hydrogen-bond donors (Lipinski definition) is 1. The quantitative estimate of drug-likeness (QED) is 0.929. The van der Waals surface area contributed by atoms with Crippen LogP contribution in [0.5, 0.6) is 0 Å². The molecule has 0 saturated heterocycles. The van der Waals surface area contributed by atoms with Gasteiger partial charge < -0.3 is 5.32 Å². The molecular weight excluding hydrogens is 275 g/mol. The molecule has 1 aliphatic heterocycles. The van der Waals surface area contributed by atoms with Crippen LogP contribution in [-0.2, 0) is 9.59 Å². The van der Waals surface area contributed by atoms with Gasteiger partial charge in [-0.25, -0.2) is 14.1 Å². The molecule has 1 atom stereocenters. The van der Waals surface area contributed by atoms with Crippen LogP contribution in [0.1, 0.15) is 18.0 Å². The maximum absolute atomic E-state index is 12.7. The molecule has 21 heavy (non-hydrogen) atoms. The van der Waals surface area contributed by atoms with Gasteiger partial charge in [-0.2, -0.15) is 5.10 Å². The SMILES string of the molecule is O=C(CC1C(=O)C=Cn2nccc21)Nc1ccc(F)cn1. The van der Waals surface area contributed by atoms with Gasteiger partial charge in [0.1, 0.15) is 11.6 Å².